The van der Waals surface area contributed by atoms with Crippen LogP contribution in [0.25, 0.3) is 0 Å². The lowest BCUT2D eigenvalue weighted by atomic mass is 9.83. The van der Waals surface area contributed by atoms with Gasteiger partial charge in [-0.2, -0.15) is 0 Å². The van der Waals surface area contributed by atoms with Gasteiger partial charge in [-0.15, -0.1) is 0 Å². The molecule has 1 aromatic heterocycles. The third-order valence-corrected chi connectivity index (χ3v) is 6.80. The highest BCUT2D eigenvalue weighted by Gasteiger charge is 2.44. The van der Waals surface area contributed by atoms with Crippen LogP contribution < -0.4 is 4.74 Å². The molecule has 0 aliphatic carbocycles. The van der Waals surface area contributed by atoms with Gasteiger partial charge in [0, 0.05) is 37.9 Å². The quantitative estimate of drug-likeness (QED) is 0.795. The molecule has 1 amide bonds. The molecular weight excluding hydrogens is 376 g/mol. The Kier molecular flexibility index (Phi) is 5.02. The third-order valence-electron chi connectivity index (χ3n) is 5.43. The van der Waals surface area contributed by atoms with Crippen molar-refractivity contribution < 1.29 is 18.5 Å². The zero-order valence-corrected chi connectivity index (χ0v) is 16.5. The van der Waals surface area contributed by atoms with Crippen LogP contribution in [0.1, 0.15) is 47.0 Å². The predicted octanol–water partition coefficient (Wildman–Crippen LogP) is 2.85. The zero-order valence-electron chi connectivity index (χ0n) is 15.7. The molecule has 1 fully saturated rings. The molecule has 0 N–H and O–H groups in total. The molecule has 1 unspecified atom stereocenters. The number of fused-ring (bicyclic) bond motifs is 1. The highest BCUT2D eigenvalue weighted by atomic mass is 32.2. The van der Waals surface area contributed by atoms with Crippen LogP contribution >= 0.6 is 0 Å². The van der Waals surface area contributed by atoms with Crippen molar-refractivity contribution in [1.29, 1.82) is 0 Å². The molecule has 3 heterocycles. The van der Waals surface area contributed by atoms with Gasteiger partial charge in [-0.25, -0.2) is 4.98 Å². The monoisotopic (exact) mass is 398 g/mol. The van der Waals surface area contributed by atoms with Crippen molar-refractivity contribution in [3.8, 4) is 5.75 Å². The van der Waals surface area contributed by atoms with Gasteiger partial charge in [0.1, 0.15) is 17.0 Å². The van der Waals surface area contributed by atoms with Crippen LogP contribution in [0.2, 0.25) is 0 Å². The number of amides is 1. The van der Waals surface area contributed by atoms with Crippen molar-refractivity contribution in [1.82, 2.24) is 9.88 Å². The van der Waals surface area contributed by atoms with E-state index in [0.29, 0.717) is 53.6 Å². The Morgan fingerprint density at radius 3 is 2.71 bits per heavy atom. The van der Waals surface area contributed by atoms with Gasteiger partial charge in [0.05, 0.1) is 27.7 Å². The summed E-state index contributed by atoms with van der Waals surface area (Å²) in [7, 11) is -1.19. The van der Waals surface area contributed by atoms with Crippen LogP contribution in [-0.4, -0.2) is 50.2 Å². The summed E-state index contributed by atoms with van der Waals surface area (Å²) in [5, 5.41) is 0. The number of ether oxygens (including phenoxy) is 1. The lowest BCUT2D eigenvalue weighted by molar-refractivity contribution is -0.00645. The summed E-state index contributed by atoms with van der Waals surface area (Å²) in [6.45, 7) is 2.83. The number of carbonyl (C=O) groups excluding carboxylic acids is 2. The Morgan fingerprint density at radius 2 is 1.96 bits per heavy atom. The van der Waals surface area contributed by atoms with Gasteiger partial charge in [0.2, 0.25) is 0 Å². The number of pyridine rings is 1. The Morgan fingerprint density at radius 1 is 1.21 bits per heavy atom. The predicted molar refractivity (Wildman–Crippen MR) is 105 cm³/mol. The molecule has 1 aromatic carbocycles. The first-order valence-corrected chi connectivity index (χ1v) is 10.8. The first-order chi connectivity index (χ1) is 13.5. The van der Waals surface area contributed by atoms with E-state index in [9.17, 15) is 13.8 Å². The van der Waals surface area contributed by atoms with Crippen LogP contribution in [-0.2, 0) is 10.8 Å². The maximum atomic E-state index is 13.0. The zero-order chi connectivity index (χ0) is 19.7. The number of ketones is 1. The van der Waals surface area contributed by atoms with E-state index in [1.165, 1.54) is 0 Å². The van der Waals surface area contributed by atoms with E-state index in [2.05, 4.69) is 4.98 Å². The highest BCUT2D eigenvalue weighted by Crippen LogP contribution is 2.38. The second-order valence-corrected chi connectivity index (χ2v) is 8.87. The van der Waals surface area contributed by atoms with Gasteiger partial charge in [-0.1, -0.05) is 19.1 Å². The van der Waals surface area contributed by atoms with Crippen molar-refractivity contribution in [2.24, 2.45) is 0 Å². The number of rotatable bonds is 3. The van der Waals surface area contributed by atoms with E-state index in [1.54, 1.807) is 47.5 Å². The molecule has 1 saturated heterocycles. The lowest BCUT2D eigenvalue weighted by Gasteiger charge is -2.43. The summed E-state index contributed by atoms with van der Waals surface area (Å²) in [5.41, 5.74) is 0.312. The average molecular weight is 398 g/mol. The maximum Gasteiger partial charge on any atom is 0.255 e. The van der Waals surface area contributed by atoms with E-state index in [1.807, 2.05) is 6.92 Å². The van der Waals surface area contributed by atoms with Gasteiger partial charge in [-0.05, 0) is 24.3 Å². The molecule has 146 valence electrons. The SMILES string of the molecule is CCS(=O)c1ccccc1C(=O)N1CCC2(CC1)CC(=O)c1ncccc1O2. The number of benzene rings is 1. The first kappa shape index (κ1) is 18.8. The Bertz CT molecular complexity index is 951. The minimum absolute atomic E-state index is 0.00897. The smallest absolute Gasteiger partial charge is 0.255 e. The summed E-state index contributed by atoms with van der Waals surface area (Å²) in [6, 6.07) is 10.6. The summed E-state index contributed by atoms with van der Waals surface area (Å²) in [4.78, 5) is 32.0. The number of piperidine rings is 1. The van der Waals surface area contributed by atoms with Crippen LogP contribution in [0.15, 0.2) is 47.5 Å². The Labute approximate surface area is 166 Å². The van der Waals surface area contributed by atoms with Crippen molar-refractivity contribution in [3.63, 3.8) is 0 Å². The second kappa shape index (κ2) is 7.47. The number of aromatic nitrogens is 1. The van der Waals surface area contributed by atoms with Crippen LogP contribution in [0.3, 0.4) is 0 Å². The molecular formula is C21H22N2O4S. The topological polar surface area (TPSA) is 76.6 Å². The van der Waals surface area contributed by atoms with E-state index in [4.69, 9.17) is 4.74 Å². The number of Topliss-reactive ketones (excluding diaryl/α,β-unsaturated/α-hetero) is 1. The summed E-state index contributed by atoms with van der Waals surface area (Å²) in [6.07, 6.45) is 3.04. The number of hydrogen-bond acceptors (Lipinski definition) is 5. The molecule has 2 aliphatic rings. The van der Waals surface area contributed by atoms with Crippen molar-refractivity contribution >= 4 is 22.5 Å². The number of nitrogens with zero attached hydrogens (tertiary/aromatic N) is 2. The molecule has 7 heteroatoms. The first-order valence-electron chi connectivity index (χ1n) is 9.47. The maximum absolute atomic E-state index is 13.0. The third kappa shape index (κ3) is 3.35. The second-order valence-electron chi connectivity index (χ2n) is 7.16. The van der Waals surface area contributed by atoms with E-state index < -0.39 is 16.4 Å². The standard InChI is InChI=1S/C21H22N2O4S/c1-2-28(26)18-8-4-3-6-15(18)20(25)23-12-9-21(10-13-23)14-16(24)19-17(27-21)7-5-11-22-19/h3-8,11H,2,9-10,12-14H2,1H3. The number of likely N-dealkylation sites (tertiary alicyclic amines) is 1. The molecule has 0 saturated carbocycles. The minimum atomic E-state index is -1.19. The fourth-order valence-corrected chi connectivity index (χ4v) is 4.83. The average Bonchev–Trinajstić information content (AvgIpc) is 2.73. The molecule has 1 spiro atoms. The normalized spacial score (nSPS) is 19.0. The minimum Gasteiger partial charge on any atom is -0.484 e. The van der Waals surface area contributed by atoms with Crippen molar-refractivity contribution in [3.05, 3.63) is 53.9 Å². The van der Waals surface area contributed by atoms with Crippen molar-refractivity contribution in [2.45, 2.75) is 36.7 Å². The highest BCUT2D eigenvalue weighted by molar-refractivity contribution is 7.85. The molecule has 1 atom stereocenters. The fraction of sp³-hybridized carbons (Fsp3) is 0.381. The van der Waals surface area contributed by atoms with Crippen LogP contribution in [0.5, 0.6) is 5.75 Å². The van der Waals surface area contributed by atoms with Crippen molar-refractivity contribution in [2.75, 3.05) is 18.8 Å². The Hall–Kier alpha value is -2.54. The fourth-order valence-electron chi connectivity index (χ4n) is 3.89. The summed E-state index contributed by atoms with van der Waals surface area (Å²) in [5.74, 6) is 0.876. The molecule has 28 heavy (non-hydrogen) atoms. The molecule has 0 radical (unpaired) electrons. The molecule has 6 nitrogen and oxygen atoms in total. The largest absolute Gasteiger partial charge is 0.484 e. The summed E-state index contributed by atoms with van der Waals surface area (Å²) >= 11 is 0. The van der Waals surface area contributed by atoms with E-state index in [0.717, 1.165) is 0 Å². The van der Waals surface area contributed by atoms with Gasteiger partial charge >= 0.3 is 0 Å². The number of carbonyl (C=O) groups is 2. The molecule has 2 aromatic rings. The van der Waals surface area contributed by atoms with E-state index in [-0.39, 0.29) is 18.1 Å². The Balaban J connectivity index is 1.50. The molecule has 0 bridgehead atoms. The van der Waals surface area contributed by atoms with Gasteiger partial charge in [0.25, 0.3) is 5.91 Å². The molecule has 4 rings (SSSR count). The van der Waals surface area contributed by atoms with Crippen LogP contribution in [0, 0.1) is 0 Å². The lowest BCUT2D eigenvalue weighted by Crippen LogP contribution is -2.52. The van der Waals surface area contributed by atoms with Gasteiger partial charge in [0.15, 0.2) is 5.78 Å². The van der Waals surface area contributed by atoms with Gasteiger partial charge < -0.3 is 9.64 Å². The molecule has 2 aliphatic heterocycles. The van der Waals surface area contributed by atoms with Gasteiger partial charge in [-0.3, -0.25) is 13.8 Å². The van der Waals surface area contributed by atoms with E-state index >= 15 is 0 Å². The summed E-state index contributed by atoms with van der Waals surface area (Å²) < 4.78 is 18.5. The number of hydrogen-bond donors (Lipinski definition) is 0. The van der Waals surface area contributed by atoms with Crippen LogP contribution in [0.4, 0.5) is 0 Å².